The van der Waals surface area contributed by atoms with Crippen molar-refractivity contribution in [2.45, 2.75) is 50.7 Å². The van der Waals surface area contributed by atoms with E-state index in [2.05, 4.69) is 23.4 Å². The molecule has 1 saturated carbocycles. The Kier molecular flexibility index (Phi) is 3.92. The molecule has 90 valence electrons. The summed E-state index contributed by atoms with van der Waals surface area (Å²) < 4.78 is 7.78. The van der Waals surface area contributed by atoms with Gasteiger partial charge in [0.2, 0.25) is 0 Å². The maximum absolute atomic E-state index is 5.37. The molecule has 1 heterocycles. The number of aromatic nitrogens is 2. The minimum atomic E-state index is 0.551. The Morgan fingerprint density at radius 2 is 2.31 bits per heavy atom. The van der Waals surface area contributed by atoms with Crippen molar-refractivity contribution in [1.82, 2.24) is 9.55 Å². The van der Waals surface area contributed by atoms with Gasteiger partial charge in [-0.05, 0) is 25.7 Å². The summed E-state index contributed by atoms with van der Waals surface area (Å²) in [5, 5.41) is 1.12. The zero-order valence-electron chi connectivity index (χ0n) is 10.3. The average Bonchev–Trinajstić information content (AvgIpc) is 3.00. The largest absolute Gasteiger partial charge is 0.371 e. The highest BCUT2D eigenvalue weighted by Gasteiger charge is 2.29. The van der Waals surface area contributed by atoms with Gasteiger partial charge in [-0.3, -0.25) is 0 Å². The Bertz CT molecular complexity index is 345. The number of rotatable bonds is 6. The fourth-order valence-corrected chi connectivity index (χ4v) is 2.64. The minimum absolute atomic E-state index is 0.551. The van der Waals surface area contributed by atoms with Gasteiger partial charge in [0, 0.05) is 24.5 Å². The van der Waals surface area contributed by atoms with Crippen LogP contribution in [0.4, 0.5) is 0 Å². The third-order valence-electron chi connectivity index (χ3n) is 2.77. The van der Waals surface area contributed by atoms with Gasteiger partial charge in [0.15, 0.2) is 5.16 Å². The molecule has 0 unspecified atom stereocenters. The molecule has 0 aliphatic heterocycles. The predicted octanol–water partition coefficient (Wildman–Crippen LogP) is 3.43. The normalized spacial score (nSPS) is 16.0. The third-order valence-corrected chi connectivity index (χ3v) is 3.62. The van der Waals surface area contributed by atoms with E-state index in [0.717, 1.165) is 11.8 Å². The Hall–Kier alpha value is -0.480. The molecule has 0 atom stereocenters. The van der Waals surface area contributed by atoms with Crippen molar-refractivity contribution < 1.29 is 4.74 Å². The first kappa shape index (κ1) is 12.0. The highest BCUT2D eigenvalue weighted by molar-refractivity contribution is 7.99. The monoisotopic (exact) mass is 240 g/mol. The van der Waals surface area contributed by atoms with Gasteiger partial charge in [-0.2, -0.15) is 0 Å². The molecule has 16 heavy (non-hydrogen) atoms. The van der Waals surface area contributed by atoms with Crippen LogP contribution in [0, 0.1) is 0 Å². The number of nitrogens with zero attached hydrogens (tertiary/aromatic N) is 2. The van der Waals surface area contributed by atoms with Crippen LogP contribution < -0.4 is 0 Å². The van der Waals surface area contributed by atoms with Crippen molar-refractivity contribution in [2.24, 2.45) is 0 Å². The molecule has 0 radical (unpaired) electrons. The molecule has 0 amide bonds. The minimum Gasteiger partial charge on any atom is -0.371 e. The molecular formula is C12H20N2OS. The first-order valence-electron chi connectivity index (χ1n) is 6.01. The van der Waals surface area contributed by atoms with E-state index >= 15 is 0 Å². The van der Waals surface area contributed by atoms with Gasteiger partial charge < -0.3 is 9.30 Å². The van der Waals surface area contributed by atoms with Gasteiger partial charge in [-0.1, -0.05) is 25.6 Å². The van der Waals surface area contributed by atoms with Crippen molar-refractivity contribution in [3.05, 3.63) is 11.9 Å². The Labute approximate surface area is 102 Å². The van der Waals surface area contributed by atoms with Crippen LogP contribution in [-0.4, -0.2) is 22.1 Å². The fourth-order valence-electron chi connectivity index (χ4n) is 1.77. The molecule has 0 spiro atoms. The summed E-state index contributed by atoms with van der Waals surface area (Å²) >= 11 is 1.71. The lowest BCUT2D eigenvalue weighted by Crippen LogP contribution is -2.04. The smallest absolute Gasteiger partial charge is 0.170 e. The molecule has 1 aromatic heterocycles. The zero-order chi connectivity index (χ0) is 11.5. The Morgan fingerprint density at radius 3 is 2.88 bits per heavy atom. The number of imidazole rings is 1. The first-order chi connectivity index (χ1) is 7.74. The summed E-state index contributed by atoms with van der Waals surface area (Å²) in [6.07, 6.45) is 4.63. The molecule has 4 heteroatoms. The molecule has 1 aromatic rings. The van der Waals surface area contributed by atoms with Crippen LogP contribution in [0.2, 0.25) is 0 Å². The highest BCUT2D eigenvalue weighted by Crippen LogP contribution is 2.40. The molecule has 0 saturated heterocycles. The molecule has 1 aliphatic rings. The second kappa shape index (κ2) is 5.23. The first-order valence-corrected chi connectivity index (χ1v) is 7.00. The summed E-state index contributed by atoms with van der Waals surface area (Å²) in [6, 6.07) is 0.698. The quantitative estimate of drug-likeness (QED) is 0.433. The van der Waals surface area contributed by atoms with Crippen molar-refractivity contribution in [3.8, 4) is 0 Å². The average molecular weight is 240 g/mol. The molecule has 2 rings (SSSR count). The van der Waals surface area contributed by atoms with Gasteiger partial charge >= 0.3 is 0 Å². The van der Waals surface area contributed by atoms with Crippen LogP contribution in [0.5, 0.6) is 0 Å². The molecule has 1 aliphatic carbocycles. The van der Waals surface area contributed by atoms with Crippen molar-refractivity contribution >= 4 is 11.8 Å². The summed E-state index contributed by atoms with van der Waals surface area (Å²) in [5.41, 5.74) is 1.36. The molecular weight excluding hydrogens is 220 g/mol. The van der Waals surface area contributed by atoms with E-state index in [0.29, 0.717) is 17.9 Å². The Morgan fingerprint density at radius 1 is 1.56 bits per heavy atom. The summed E-state index contributed by atoms with van der Waals surface area (Å²) in [7, 11) is 0. The van der Waals surface area contributed by atoms with Crippen molar-refractivity contribution in [2.75, 3.05) is 12.5 Å². The van der Waals surface area contributed by atoms with Gasteiger partial charge in [-0.25, -0.2) is 4.98 Å². The van der Waals surface area contributed by atoms with Crippen molar-refractivity contribution in [3.63, 3.8) is 0 Å². The lowest BCUT2D eigenvalue weighted by molar-refractivity contribution is 0.199. The van der Waals surface area contributed by atoms with E-state index in [9.17, 15) is 0 Å². The topological polar surface area (TPSA) is 27.1 Å². The van der Waals surface area contributed by atoms with Crippen LogP contribution in [-0.2, 0) is 4.74 Å². The highest BCUT2D eigenvalue weighted by atomic mass is 32.2. The van der Waals surface area contributed by atoms with Gasteiger partial charge in [0.05, 0.1) is 5.94 Å². The van der Waals surface area contributed by atoms with Gasteiger partial charge in [-0.15, -0.1) is 0 Å². The molecule has 0 aromatic carbocycles. The second-order valence-electron chi connectivity index (χ2n) is 4.48. The molecule has 0 bridgehead atoms. The van der Waals surface area contributed by atoms with Crippen LogP contribution in [0.15, 0.2) is 11.4 Å². The van der Waals surface area contributed by atoms with Crippen LogP contribution >= 0.6 is 11.8 Å². The molecule has 1 fully saturated rings. The number of thioether (sulfide) groups is 1. The van der Waals surface area contributed by atoms with E-state index in [1.807, 2.05) is 13.1 Å². The van der Waals surface area contributed by atoms with Crippen molar-refractivity contribution in [1.29, 1.82) is 0 Å². The standard InChI is InChI=1S/C12H20N2OS/c1-4-15-8-16-12-13-7-11(9(2)3)14(12)10-5-6-10/h7,9-10H,4-6,8H2,1-3H3. The molecule has 0 N–H and O–H groups in total. The summed E-state index contributed by atoms with van der Waals surface area (Å²) in [4.78, 5) is 4.52. The van der Waals surface area contributed by atoms with Crippen LogP contribution in [0.25, 0.3) is 0 Å². The van der Waals surface area contributed by atoms with Crippen LogP contribution in [0.1, 0.15) is 51.3 Å². The van der Waals surface area contributed by atoms with E-state index in [4.69, 9.17) is 4.74 Å². The predicted molar refractivity (Wildman–Crippen MR) is 66.9 cm³/mol. The summed E-state index contributed by atoms with van der Waals surface area (Å²) in [5.74, 6) is 1.26. The summed E-state index contributed by atoms with van der Waals surface area (Å²) in [6.45, 7) is 7.25. The number of hydrogen-bond acceptors (Lipinski definition) is 3. The maximum atomic E-state index is 5.37. The second-order valence-corrected chi connectivity index (χ2v) is 5.37. The lowest BCUT2D eigenvalue weighted by Gasteiger charge is -2.12. The van der Waals surface area contributed by atoms with Crippen LogP contribution in [0.3, 0.4) is 0 Å². The third kappa shape index (κ3) is 2.61. The van der Waals surface area contributed by atoms with E-state index < -0.39 is 0 Å². The SMILES string of the molecule is CCOCSc1ncc(C(C)C)n1C1CC1. The number of ether oxygens (including phenoxy) is 1. The zero-order valence-corrected chi connectivity index (χ0v) is 11.1. The van der Waals surface area contributed by atoms with Gasteiger partial charge in [0.25, 0.3) is 0 Å². The Balaban J connectivity index is 2.11. The van der Waals surface area contributed by atoms with E-state index in [1.54, 1.807) is 11.8 Å². The molecule has 3 nitrogen and oxygen atoms in total. The maximum Gasteiger partial charge on any atom is 0.170 e. The number of hydrogen-bond donors (Lipinski definition) is 0. The van der Waals surface area contributed by atoms with E-state index in [-0.39, 0.29) is 0 Å². The van der Waals surface area contributed by atoms with E-state index in [1.165, 1.54) is 18.5 Å². The van der Waals surface area contributed by atoms with Gasteiger partial charge in [0.1, 0.15) is 0 Å². The fraction of sp³-hybridized carbons (Fsp3) is 0.750. The lowest BCUT2D eigenvalue weighted by atomic mass is 10.1.